The molecule has 0 aliphatic carbocycles. The first-order chi connectivity index (χ1) is 11.7. The number of rotatable bonds is 7. The molecule has 0 radical (unpaired) electrons. The van der Waals surface area contributed by atoms with Crippen molar-refractivity contribution in [2.45, 2.75) is 44.4 Å². The molecule has 5 nitrogen and oxygen atoms in total. The molecule has 2 saturated heterocycles. The summed E-state index contributed by atoms with van der Waals surface area (Å²) < 4.78 is 24.8. The normalized spacial score (nSPS) is 25.3. The minimum absolute atomic E-state index is 0.384. The number of hydrogen-bond donors (Lipinski definition) is 0. The SMILES string of the molecule is CN1CCC[C@H]1COc1ccc(CF)nc1OC[C@@H]1CCCN1C. The highest BCUT2D eigenvalue weighted by atomic mass is 19.1. The molecule has 134 valence electrons. The van der Waals surface area contributed by atoms with E-state index in [-0.39, 0.29) is 0 Å². The number of alkyl halides is 1. The highest BCUT2D eigenvalue weighted by Crippen LogP contribution is 2.28. The van der Waals surface area contributed by atoms with Gasteiger partial charge < -0.3 is 19.3 Å². The quantitative estimate of drug-likeness (QED) is 0.764. The maximum absolute atomic E-state index is 12.9. The molecule has 3 heterocycles. The molecule has 6 heteroatoms. The monoisotopic (exact) mass is 337 g/mol. The number of ether oxygens (including phenoxy) is 2. The molecule has 2 aliphatic rings. The lowest BCUT2D eigenvalue weighted by atomic mass is 10.2. The van der Waals surface area contributed by atoms with E-state index in [4.69, 9.17) is 9.47 Å². The van der Waals surface area contributed by atoms with Gasteiger partial charge in [0.1, 0.15) is 19.9 Å². The Kier molecular flexibility index (Phi) is 5.89. The molecule has 1 aromatic heterocycles. The van der Waals surface area contributed by atoms with Crippen LogP contribution in [0.1, 0.15) is 31.4 Å². The Morgan fingerprint density at radius 3 is 2.21 bits per heavy atom. The fourth-order valence-electron chi connectivity index (χ4n) is 3.49. The van der Waals surface area contributed by atoms with E-state index in [0.717, 1.165) is 25.9 Å². The van der Waals surface area contributed by atoms with Gasteiger partial charge >= 0.3 is 0 Å². The summed E-state index contributed by atoms with van der Waals surface area (Å²) in [4.78, 5) is 8.90. The van der Waals surface area contributed by atoms with Crippen LogP contribution in [0.15, 0.2) is 12.1 Å². The molecule has 2 aliphatic heterocycles. The zero-order chi connectivity index (χ0) is 16.9. The zero-order valence-electron chi connectivity index (χ0n) is 14.7. The number of likely N-dealkylation sites (tertiary alicyclic amines) is 2. The molecular formula is C18H28FN3O2. The van der Waals surface area contributed by atoms with Gasteiger partial charge in [0.25, 0.3) is 5.88 Å². The summed E-state index contributed by atoms with van der Waals surface area (Å²) in [5, 5.41) is 0. The van der Waals surface area contributed by atoms with Gasteiger partial charge in [-0.05, 0) is 65.0 Å². The summed E-state index contributed by atoms with van der Waals surface area (Å²) >= 11 is 0. The van der Waals surface area contributed by atoms with Crippen LogP contribution in [0, 0.1) is 0 Å². The number of aromatic nitrogens is 1. The highest BCUT2D eigenvalue weighted by molar-refractivity contribution is 5.35. The first kappa shape index (κ1) is 17.4. The van der Waals surface area contributed by atoms with E-state index in [9.17, 15) is 4.39 Å². The van der Waals surface area contributed by atoms with Crippen LogP contribution in [0.4, 0.5) is 4.39 Å². The molecule has 3 rings (SSSR count). The Balaban J connectivity index is 1.63. The molecule has 1 aromatic rings. The van der Waals surface area contributed by atoms with Crippen molar-refractivity contribution in [3.05, 3.63) is 17.8 Å². The number of hydrogen-bond acceptors (Lipinski definition) is 5. The number of halogens is 1. The minimum Gasteiger partial charge on any atom is -0.486 e. The van der Waals surface area contributed by atoms with Crippen molar-refractivity contribution in [2.75, 3.05) is 40.4 Å². The Bertz CT molecular complexity index is 543. The Labute approximate surface area is 143 Å². The van der Waals surface area contributed by atoms with Crippen molar-refractivity contribution in [1.82, 2.24) is 14.8 Å². The highest BCUT2D eigenvalue weighted by Gasteiger charge is 2.24. The van der Waals surface area contributed by atoms with Gasteiger partial charge in [-0.3, -0.25) is 0 Å². The van der Waals surface area contributed by atoms with E-state index in [1.807, 2.05) is 0 Å². The predicted molar refractivity (Wildman–Crippen MR) is 91.3 cm³/mol. The van der Waals surface area contributed by atoms with Crippen LogP contribution in [0.5, 0.6) is 11.6 Å². The molecule has 0 unspecified atom stereocenters. The van der Waals surface area contributed by atoms with Crippen molar-refractivity contribution in [1.29, 1.82) is 0 Å². The summed E-state index contributed by atoms with van der Waals surface area (Å²) in [6.45, 7) is 2.81. The molecule has 0 saturated carbocycles. The van der Waals surface area contributed by atoms with Crippen LogP contribution in [0.2, 0.25) is 0 Å². The fourth-order valence-corrected chi connectivity index (χ4v) is 3.49. The molecular weight excluding hydrogens is 309 g/mol. The van der Waals surface area contributed by atoms with E-state index in [1.165, 1.54) is 12.8 Å². The van der Waals surface area contributed by atoms with Crippen LogP contribution in [0.25, 0.3) is 0 Å². The summed E-state index contributed by atoms with van der Waals surface area (Å²) in [7, 11) is 4.23. The van der Waals surface area contributed by atoms with Crippen LogP contribution < -0.4 is 9.47 Å². The molecule has 0 N–H and O–H groups in total. The maximum Gasteiger partial charge on any atom is 0.257 e. The van der Waals surface area contributed by atoms with Crippen LogP contribution in [-0.2, 0) is 6.67 Å². The van der Waals surface area contributed by atoms with Crippen molar-refractivity contribution < 1.29 is 13.9 Å². The Morgan fingerprint density at radius 1 is 1.04 bits per heavy atom. The van der Waals surface area contributed by atoms with E-state index < -0.39 is 6.67 Å². The summed E-state index contributed by atoms with van der Waals surface area (Å²) in [5.74, 6) is 1.04. The van der Waals surface area contributed by atoms with Crippen LogP contribution in [-0.4, -0.2) is 67.3 Å². The Hall–Kier alpha value is -1.40. The van der Waals surface area contributed by atoms with E-state index in [0.29, 0.717) is 42.6 Å². The first-order valence-corrected chi connectivity index (χ1v) is 8.89. The standard InChI is InChI=1S/C18H28FN3O2/c1-21-9-3-5-15(21)12-23-17-8-7-14(11-19)20-18(17)24-13-16-6-4-10-22(16)2/h7-8,15-16H,3-6,9-13H2,1-2H3/t15-,16-/m0/s1. The average Bonchev–Trinajstić information content (AvgIpc) is 3.19. The Morgan fingerprint density at radius 2 is 1.67 bits per heavy atom. The molecule has 0 spiro atoms. The summed E-state index contributed by atoms with van der Waals surface area (Å²) in [5.41, 5.74) is 0.384. The van der Waals surface area contributed by atoms with Gasteiger partial charge in [-0.15, -0.1) is 0 Å². The van der Waals surface area contributed by atoms with E-state index >= 15 is 0 Å². The second-order valence-corrected chi connectivity index (χ2v) is 6.91. The van der Waals surface area contributed by atoms with Crippen LogP contribution >= 0.6 is 0 Å². The molecule has 24 heavy (non-hydrogen) atoms. The van der Waals surface area contributed by atoms with Gasteiger partial charge in [0, 0.05) is 12.1 Å². The number of likely N-dealkylation sites (N-methyl/N-ethyl adjacent to an activating group) is 2. The van der Waals surface area contributed by atoms with E-state index in [1.54, 1.807) is 12.1 Å². The fraction of sp³-hybridized carbons (Fsp3) is 0.722. The van der Waals surface area contributed by atoms with E-state index in [2.05, 4.69) is 28.9 Å². The molecule has 0 aromatic carbocycles. The maximum atomic E-state index is 12.9. The van der Waals surface area contributed by atoms with Crippen molar-refractivity contribution in [2.24, 2.45) is 0 Å². The average molecular weight is 337 g/mol. The van der Waals surface area contributed by atoms with Crippen LogP contribution in [0.3, 0.4) is 0 Å². The number of nitrogens with zero attached hydrogens (tertiary/aromatic N) is 3. The van der Waals surface area contributed by atoms with Gasteiger partial charge in [0.2, 0.25) is 0 Å². The third kappa shape index (κ3) is 4.16. The van der Waals surface area contributed by atoms with Gasteiger partial charge in [0.05, 0.1) is 5.69 Å². The van der Waals surface area contributed by atoms with Gasteiger partial charge in [-0.1, -0.05) is 0 Å². The van der Waals surface area contributed by atoms with Gasteiger partial charge in [-0.25, -0.2) is 9.37 Å². The topological polar surface area (TPSA) is 37.8 Å². The minimum atomic E-state index is -0.592. The molecule has 0 amide bonds. The smallest absolute Gasteiger partial charge is 0.257 e. The molecule has 0 bridgehead atoms. The lowest BCUT2D eigenvalue weighted by molar-refractivity contribution is 0.169. The lowest BCUT2D eigenvalue weighted by Gasteiger charge is -2.22. The molecule has 2 atom stereocenters. The third-order valence-electron chi connectivity index (χ3n) is 5.21. The molecule has 2 fully saturated rings. The second kappa shape index (κ2) is 8.12. The summed E-state index contributed by atoms with van der Waals surface area (Å²) in [6, 6.07) is 4.28. The van der Waals surface area contributed by atoms with Crippen molar-refractivity contribution >= 4 is 0 Å². The van der Waals surface area contributed by atoms with Crippen molar-refractivity contribution in [3.63, 3.8) is 0 Å². The number of pyridine rings is 1. The summed E-state index contributed by atoms with van der Waals surface area (Å²) in [6.07, 6.45) is 4.68. The third-order valence-corrected chi connectivity index (χ3v) is 5.21. The largest absolute Gasteiger partial charge is 0.486 e. The van der Waals surface area contributed by atoms with Gasteiger partial charge in [-0.2, -0.15) is 0 Å². The van der Waals surface area contributed by atoms with Crippen molar-refractivity contribution in [3.8, 4) is 11.6 Å². The predicted octanol–water partition coefficient (Wildman–Crippen LogP) is 2.50. The van der Waals surface area contributed by atoms with Gasteiger partial charge in [0.15, 0.2) is 5.75 Å². The lowest BCUT2D eigenvalue weighted by Crippen LogP contribution is -2.31. The second-order valence-electron chi connectivity index (χ2n) is 6.91. The zero-order valence-corrected chi connectivity index (χ0v) is 14.7. The first-order valence-electron chi connectivity index (χ1n) is 8.89.